The summed E-state index contributed by atoms with van der Waals surface area (Å²) >= 11 is 0. The summed E-state index contributed by atoms with van der Waals surface area (Å²) in [5.74, 6) is 0. The third kappa shape index (κ3) is 7.07. The van der Waals surface area contributed by atoms with E-state index in [1.165, 1.54) is 0 Å². The fourth-order valence-electron chi connectivity index (χ4n) is 1.54. The minimum absolute atomic E-state index is 0.964. The van der Waals surface area contributed by atoms with Crippen LogP contribution in [0, 0.1) is 0 Å². The maximum Gasteiger partial charge on any atom is 0.0381 e. The molecule has 0 unspecified atom stereocenters. The van der Waals surface area contributed by atoms with E-state index in [1.807, 2.05) is 74.5 Å². The van der Waals surface area contributed by atoms with Gasteiger partial charge in [-0.2, -0.15) is 0 Å². The van der Waals surface area contributed by atoms with Gasteiger partial charge in [0.2, 0.25) is 0 Å². The summed E-state index contributed by atoms with van der Waals surface area (Å²) in [7, 11) is 0. The minimum atomic E-state index is 0.964. The SMILES string of the molecule is C=C(C)Nc1ccccc1.C=C(C)Nc1ccccc1. The van der Waals surface area contributed by atoms with Crippen molar-refractivity contribution in [3.63, 3.8) is 0 Å². The fourth-order valence-corrected chi connectivity index (χ4v) is 1.54. The number of hydrogen-bond donors (Lipinski definition) is 2. The lowest BCUT2D eigenvalue weighted by Crippen LogP contribution is -1.91. The zero-order valence-electron chi connectivity index (χ0n) is 12.2. The predicted molar refractivity (Wildman–Crippen MR) is 89.8 cm³/mol. The van der Waals surface area contributed by atoms with Crippen molar-refractivity contribution in [2.75, 3.05) is 10.6 Å². The van der Waals surface area contributed by atoms with Crippen molar-refractivity contribution in [2.45, 2.75) is 13.8 Å². The highest BCUT2D eigenvalue weighted by molar-refractivity contribution is 5.47. The molecule has 0 fully saturated rings. The van der Waals surface area contributed by atoms with Crippen molar-refractivity contribution in [1.82, 2.24) is 0 Å². The van der Waals surface area contributed by atoms with Crippen molar-refractivity contribution in [2.24, 2.45) is 0 Å². The highest BCUT2D eigenvalue weighted by atomic mass is 14.9. The van der Waals surface area contributed by atoms with E-state index in [4.69, 9.17) is 0 Å². The van der Waals surface area contributed by atoms with Crippen LogP contribution in [0.4, 0.5) is 11.4 Å². The highest BCUT2D eigenvalue weighted by Crippen LogP contribution is 2.07. The topological polar surface area (TPSA) is 24.1 Å². The van der Waals surface area contributed by atoms with Crippen LogP contribution in [0.2, 0.25) is 0 Å². The first-order valence-electron chi connectivity index (χ1n) is 6.53. The molecular weight excluding hydrogens is 244 g/mol. The molecular formula is C18H22N2. The van der Waals surface area contributed by atoms with E-state index in [-0.39, 0.29) is 0 Å². The Kier molecular flexibility index (Phi) is 6.69. The molecule has 0 aromatic heterocycles. The van der Waals surface area contributed by atoms with E-state index in [2.05, 4.69) is 23.8 Å². The molecule has 0 saturated heterocycles. The molecule has 0 heterocycles. The number of rotatable bonds is 4. The Morgan fingerprint density at radius 2 is 0.950 bits per heavy atom. The number of nitrogens with one attached hydrogen (secondary N) is 2. The Hall–Kier alpha value is -2.48. The van der Waals surface area contributed by atoms with Crippen LogP contribution in [-0.2, 0) is 0 Å². The molecule has 2 N–H and O–H groups in total. The van der Waals surface area contributed by atoms with Gasteiger partial charge in [-0.1, -0.05) is 49.6 Å². The smallest absolute Gasteiger partial charge is 0.0381 e. The van der Waals surface area contributed by atoms with E-state index < -0.39 is 0 Å². The zero-order valence-corrected chi connectivity index (χ0v) is 12.2. The molecule has 0 radical (unpaired) electrons. The summed E-state index contributed by atoms with van der Waals surface area (Å²) in [6.45, 7) is 11.4. The number of benzene rings is 2. The van der Waals surface area contributed by atoms with Crippen LogP contribution in [0.5, 0.6) is 0 Å². The molecule has 0 amide bonds. The maximum absolute atomic E-state index is 3.74. The molecule has 2 heteroatoms. The van der Waals surface area contributed by atoms with Crippen LogP contribution in [0.1, 0.15) is 13.8 Å². The lowest BCUT2D eigenvalue weighted by molar-refractivity contribution is 1.40. The number of hydrogen-bond acceptors (Lipinski definition) is 2. The van der Waals surface area contributed by atoms with E-state index >= 15 is 0 Å². The van der Waals surface area contributed by atoms with Crippen LogP contribution in [0.25, 0.3) is 0 Å². The average molecular weight is 266 g/mol. The second-order valence-electron chi connectivity index (χ2n) is 4.54. The van der Waals surface area contributed by atoms with Gasteiger partial charge in [0.1, 0.15) is 0 Å². The first-order chi connectivity index (χ1) is 9.58. The molecule has 104 valence electrons. The minimum Gasteiger partial charge on any atom is -0.360 e. The molecule has 0 saturated carbocycles. The monoisotopic (exact) mass is 266 g/mol. The summed E-state index contributed by atoms with van der Waals surface area (Å²) in [6.07, 6.45) is 0. The summed E-state index contributed by atoms with van der Waals surface area (Å²) in [5, 5.41) is 6.22. The second kappa shape index (κ2) is 8.59. The first kappa shape index (κ1) is 15.6. The number of anilines is 2. The van der Waals surface area contributed by atoms with Gasteiger partial charge in [0.25, 0.3) is 0 Å². The maximum atomic E-state index is 3.74. The Labute approximate surface area is 121 Å². The molecule has 0 aliphatic heterocycles. The Morgan fingerprint density at radius 1 is 0.650 bits per heavy atom. The first-order valence-corrected chi connectivity index (χ1v) is 6.53. The van der Waals surface area contributed by atoms with Gasteiger partial charge >= 0.3 is 0 Å². The van der Waals surface area contributed by atoms with Crippen LogP contribution in [0.3, 0.4) is 0 Å². The van der Waals surface area contributed by atoms with Gasteiger partial charge in [0, 0.05) is 22.8 Å². The molecule has 0 spiro atoms. The Balaban J connectivity index is 0.000000200. The highest BCUT2D eigenvalue weighted by Gasteiger charge is 1.86. The third-order valence-corrected chi connectivity index (χ3v) is 2.26. The summed E-state index contributed by atoms with van der Waals surface area (Å²) in [4.78, 5) is 0. The Bertz CT molecular complexity index is 478. The normalized spacial score (nSPS) is 8.90. The van der Waals surface area contributed by atoms with Gasteiger partial charge < -0.3 is 10.6 Å². The quantitative estimate of drug-likeness (QED) is 0.788. The standard InChI is InChI=1S/2C9H11N/c2*1-8(2)10-9-6-4-3-5-7-9/h2*3-7,10H,1H2,2H3. The van der Waals surface area contributed by atoms with E-state index in [1.54, 1.807) is 0 Å². The fraction of sp³-hybridized carbons (Fsp3) is 0.111. The molecule has 0 aliphatic rings. The van der Waals surface area contributed by atoms with Crippen molar-refractivity contribution in [3.8, 4) is 0 Å². The van der Waals surface area contributed by atoms with Crippen molar-refractivity contribution in [1.29, 1.82) is 0 Å². The lowest BCUT2D eigenvalue weighted by Gasteiger charge is -2.02. The molecule has 2 aromatic rings. The van der Waals surface area contributed by atoms with Gasteiger partial charge in [-0.05, 0) is 38.1 Å². The largest absolute Gasteiger partial charge is 0.360 e. The second-order valence-corrected chi connectivity index (χ2v) is 4.54. The molecule has 2 aromatic carbocycles. The van der Waals surface area contributed by atoms with E-state index in [0.717, 1.165) is 22.8 Å². The van der Waals surface area contributed by atoms with E-state index in [0.29, 0.717) is 0 Å². The summed E-state index contributed by atoms with van der Waals surface area (Å²) in [6, 6.07) is 20.0. The van der Waals surface area contributed by atoms with Gasteiger partial charge in [0.05, 0.1) is 0 Å². The van der Waals surface area contributed by atoms with Crippen molar-refractivity contribution < 1.29 is 0 Å². The third-order valence-electron chi connectivity index (χ3n) is 2.26. The van der Waals surface area contributed by atoms with Gasteiger partial charge in [0.15, 0.2) is 0 Å². The van der Waals surface area contributed by atoms with Crippen LogP contribution in [0.15, 0.2) is 85.2 Å². The number of para-hydroxylation sites is 2. The van der Waals surface area contributed by atoms with Crippen LogP contribution in [-0.4, -0.2) is 0 Å². The van der Waals surface area contributed by atoms with Crippen LogP contribution < -0.4 is 10.6 Å². The lowest BCUT2D eigenvalue weighted by atomic mass is 10.3. The van der Waals surface area contributed by atoms with Crippen molar-refractivity contribution in [3.05, 3.63) is 85.2 Å². The van der Waals surface area contributed by atoms with E-state index in [9.17, 15) is 0 Å². The summed E-state index contributed by atoms with van der Waals surface area (Å²) < 4.78 is 0. The van der Waals surface area contributed by atoms with Crippen LogP contribution >= 0.6 is 0 Å². The van der Waals surface area contributed by atoms with Gasteiger partial charge in [-0.3, -0.25) is 0 Å². The summed E-state index contributed by atoms with van der Waals surface area (Å²) in [5.41, 5.74) is 4.11. The van der Waals surface area contributed by atoms with Gasteiger partial charge in [-0.25, -0.2) is 0 Å². The molecule has 0 atom stereocenters. The molecule has 2 nitrogen and oxygen atoms in total. The van der Waals surface area contributed by atoms with Crippen molar-refractivity contribution >= 4 is 11.4 Å². The molecule has 20 heavy (non-hydrogen) atoms. The molecule has 2 rings (SSSR count). The number of allylic oxidation sites excluding steroid dienone is 2. The molecule has 0 bridgehead atoms. The van der Waals surface area contributed by atoms with Gasteiger partial charge in [-0.15, -0.1) is 0 Å². The molecule has 0 aliphatic carbocycles. The average Bonchev–Trinajstić information content (AvgIpc) is 2.40. The Morgan fingerprint density at radius 3 is 1.20 bits per heavy atom. The predicted octanol–water partition coefficient (Wildman–Crippen LogP) is 5.26. The zero-order chi connectivity index (χ0) is 14.8.